The number of halogens is 1. The van der Waals surface area contributed by atoms with Gasteiger partial charge in [0.25, 0.3) is 5.69 Å². The van der Waals surface area contributed by atoms with Crippen LogP contribution in [-0.2, 0) is 15.7 Å². The summed E-state index contributed by atoms with van der Waals surface area (Å²) >= 11 is 0. The van der Waals surface area contributed by atoms with Gasteiger partial charge in [0.1, 0.15) is 17.1 Å². The summed E-state index contributed by atoms with van der Waals surface area (Å²) in [5.74, 6) is -0.588. The maximum absolute atomic E-state index is 15.1. The van der Waals surface area contributed by atoms with Gasteiger partial charge in [0, 0.05) is 33.3 Å². The molecule has 0 bridgehead atoms. The third-order valence-corrected chi connectivity index (χ3v) is 11.4. The van der Waals surface area contributed by atoms with Crippen LogP contribution in [0.4, 0.5) is 20.6 Å². The summed E-state index contributed by atoms with van der Waals surface area (Å²) in [6.45, 7) is 16.2. The number of hydrogen-bond donors (Lipinski definition) is 0. The standard InChI is InChI=1S/C29H44FN3O5Si/c1-28(2,3)37-27(34)31(7)17-16-25(38-39(9,10)29(4,5)6)23-18-22(30)19-24(26(23)33(35)36)32(8)20-21-14-12-11-13-15-21/h11-15,18-19,25H,16-17,20H2,1-10H3. The third kappa shape index (κ3) is 9.03. The number of anilines is 1. The zero-order valence-electron chi connectivity index (χ0n) is 25.0. The van der Waals surface area contributed by atoms with Crippen LogP contribution in [0, 0.1) is 15.9 Å². The summed E-state index contributed by atoms with van der Waals surface area (Å²) in [6.07, 6.45) is -1.09. The van der Waals surface area contributed by atoms with Crippen molar-refractivity contribution in [1.29, 1.82) is 0 Å². The Morgan fingerprint density at radius 2 is 1.67 bits per heavy atom. The Morgan fingerprint density at radius 3 is 2.18 bits per heavy atom. The summed E-state index contributed by atoms with van der Waals surface area (Å²) in [7, 11) is 0.852. The fraction of sp³-hybridized carbons (Fsp3) is 0.552. The lowest BCUT2D eigenvalue weighted by atomic mass is 10.0. The van der Waals surface area contributed by atoms with Crippen LogP contribution in [0.3, 0.4) is 0 Å². The van der Waals surface area contributed by atoms with Gasteiger partial charge < -0.3 is 19.0 Å². The van der Waals surface area contributed by atoms with Crippen molar-refractivity contribution in [3.8, 4) is 0 Å². The molecule has 0 fully saturated rings. The predicted molar refractivity (Wildman–Crippen MR) is 156 cm³/mol. The van der Waals surface area contributed by atoms with Crippen molar-refractivity contribution < 1.29 is 23.3 Å². The maximum Gasteiger partial charge on any atom is 0.410 e. The second-order valence-electron chi connectivity index (χ2n) is 12.5. The van der Waals surface area contributed by atoms with Crippen LogP contribution in [0.2, 0.25) is 18.1 Å². The topological polar surface area (TPSA) is 85.1 Å². The molecule has 0 radical (unpaired) electrons. The molecule has 0 aliphatic rings. The SMILES string of the molecule is CN(CCC(O[Si](C)(C)C(C)(C)C)c1cc(F)cc(N(C)Cc2ccccc2)c1[N+](=O)[O-])C(=O)OC(C)(C)C. The van der Waals surface area contributed by atoms with Gasteiger partial charge in [0.15, 0.2) is 8.32 Å². The van der Waals surface area contributed by atoms with Crippen molar-refractivity contribution in [2.45, 2.75) is 84.3 Å². The van der Waals surface area contributed by atoms with Crippen molar-refractivity contribution >= 4 is 25.8 Å². The molecule has 39 heavy (non-hydrogen) atoms. The average Bonchev–Trinajstić information content (AvgIpc) is 2.79. The van der Waals surface area contributed by atoms with Crippen molar-refractivity contribution in [2.75, 3.05) is 25.5 Å². The van der Waals surface area contributed by atoms with Crippen LogP contribution in [-0.4, -0.2) is 50.5 Å². The van der Waals surface area contributed by atoms with Gasteiger partial charge in [0.2, 0.25) is 0 Å². The molecule has 0 aliphatic heterocycles. The van der Waals surface area contributed by atoms with Crippen molar-refractivity contribution in [3.63, 3.8) is 0 Å². The number of carbonyl (C=O) groups excluding carboxylic acids is 1. The Kier molecular flexibility index (Phi) is 10.3. The number of nitro benzene ring substituents is 1. The van der Waals surface area contributed by atoms with Crippen LogP contribution in [0.5, 0.6) is 0 Å². The number of benzene rings is 2. The van der Waals surface area contributed by atoms with Gasteiger partial charge in [-0.15, -0.1) is 0 Å². The zero-order valence-corrected chi connectivity index (χ0v) is 26.0. The number of nitro groups is 1. The van der Waals surface area contributed by atoms with Crippen LogP contribution in [0.1, 0.15) is 65.2 Å². The van der Waals surface area contributed by atoms with E-state index in [1.54, 1.807) is 39.8 Å². The van der Waals surface area contributed by atoms with E-state index in [1.165, 1.54) is 17.0 Å². The molecule has 0 saturated carbocycles. The lowest BCUT2D eigenvalue weighted by molar-refractivity contribution is -0.385. The van der Waals surface area contributed by atoms with Crippen molar-refractivity contribution in [3.05, 3.63) is 69.5 Å². The van der Waals surface area contributed by atoms with Crippen LogP contribution < -0.4 is 4.90 Å². The molecule has 0 saturated heterocycles. The van der Waals surface area contributed by atoms with E-state index >= 15 is 4.39 Å². The first-order valence-electron chi connectivity index (χ1n) is 13.2. The molecule has 0 aromatic heterocycles. The highest BCUT2D eigenvalue weighted by Gasteiger charge is 2.41. The minimum atomic E-state index is -2.46. The highest BCUT2D eigenvalue weighted by atomic mass is 28.4. The van der Waals surface area contributed by atoms with E-state index in [-0.39, 0.29) is 34.9 Å². The van der Waals surface area contributed by atoms with Crippen molar-refractivity contribution in [2.24, 2.45) is 0 Å². The Labute approximate surface area is 233 Å². The molecule has 10 heteroatoms. The molecule has 216 valence electrons. The molecule has 0 aliphatic carbocycles. The summed E-state index contributed by atoms with van der Waals surface area (Å²) in [6, 6.07) is 11.9. The van der Waals surface area contributed by atoms with Crippen LogP contribution in [0.15, 0.2) is 42.5 Å². The molecule has 2 aromatic rings. The monoisotopic (exact) mass is 561 g/mol. The van der Waals surface area contributed by atoms with E-state index in [0.717, 1.165) is 5.56 Å². The quantitative estimate of drug-likeness (QED) is 0.168. The molecule has 1 atom stereocenters. The second kappa shape index (κ2) is 12.5. The predicted octanol–water partition coefficient (Wildman–Crippen LogP) is 7.69. The van der Waals surface area contributed by atoms with Gasteiger partial charge in [-0.25, -0.2) is 9.18 Å². The van der Waals surface area contributed by atoms with E-state index < -0.39 is 36.9 Å². The maximum atomic E-state index is 15.1. The van der Waals surface area contributed by atoms with E-state index in [2.05, 4.69) is 20.8 Å². The normalized spacial score (nSPS) is 13.1. The highest BCUT2D eigenvalue weighted by Crippen LogP contribution is 2.44. The number of ether oxygens (including phenoxy) is 1. The number of carbonyl (C=O) groups is 1. The van der Waals surface area contributed by atoms with Gasteiger partial charge in [-0.2, -0.15) is 0 Å². The smallest absolute Gasteiger partial charge is 0.410 e. The fourth-order valence-corrected chi connectivity index (χ4v) is 5.15. The van der Waals surface area contributed by atoms with Gasteiger partial charge in [-0.1, -0.05) is 51.1 Å². The summed E-state index contributed by atoms with van der Waals surface area (Å²) in [5.41, 5.74) is 0.411. The first-order valence-corrected chi connectivity index (χ1v) is 16.1. The zero-order chi connectivity index (χ0) is 29.8. The molecule has 1 unspecified atom stereocenters. The third-order valence-electron chi connectivity index (χ3n) is 6.96. The number of hydrogen-bond acceptors (Lipinski definition) is 6. The first kappa shape index (κ1) is 32.2. The molecule has 2 rings (SSSR count). The highest BCUT2D eigenvalue weighted by molar-refractivity contribution is 6.74. The Hall–Kier alpha value is -2.98. The molecule has 0 heterocycles. The summed E-state index contributed by atoms with van der Waals surface area (Å²) in [5, 5.41) is 12.3. The first-order chi connectivity index (χ1) is 17.8. The van der Waals surface area contributed by atoms with Crippen molar-refractivity contribution in [1.82, 2.24) is 4.90 Å². The van der Waals surface area contributed by atoms with E-state index in [9.17, 15) is 14.9 Å². The lowest BCUT2D eigenvalue weighted by Gasteiger charge is -2.39. The van der Waals surface area contributed by atoms with E-state index in [1.807, 2.05) is 43.4 Å². The van der Waals surface area contributed by atoms with Gasteiger partial charge in [0.05, 0.1) is 16.6 Å². The minimum absolute atomic E-state index is 0.164. The lowest BCUT2D eigenvalue weighted by Crippen LogP contribution is -2.42. The second-order valence-corrected chi connectivity index (χ2v) is 17.3. The fourth-order valence-electron chi connectivity index (χ4n) is 3.84. The van der Waals surface area contributed by atoms with Gasteiger partial charge in [-0.05, 0) is 57.0 Å². The summed E-state index contributed by atoms with van der Waals surface area (Å²) in [4.78, 5) is 27.7. The van der Waals surface area contributed by atoms with Crippen LogP contribution >= 0.6 is 0 Å². The number of nitrogens with zero attached hydrogens (tertiary/aromatic N) is 3. The molecular formula is C29H44FN3O5Si. The number of rotatable bonds is 10. The van der Waals surface area contributed by atoms with E-state index in [0.29, 0.717) is 6.54 Å². The summed E-state index contributed by atoms with van der Waals surface area (Å²) < 4.78 is 27.3. The van der Waals surface area contributed by atoms with Gasteiger partial charge >= 0.3 is 6.09 Å². The molecule has 0 N–H and O–H groups in total. The molecule has 0 spiro atoms. The largest absolute Gasteiger partial charge is 0.444 e. The van der Waals surface area contributed by atoms with Gasteiger partial charge in [-0.3, -0.25) is 10.1 Å². The Morgan fingerprint density at radius 1 is 1.08 bits per heavy atom. The van der Waals surface area contributed by atoms with E-state index in [4.69, 9.17) is 9.16 Å². The number of amides is 1. The van der Waals surface area contributed by atoms with Crippen LogP contribution in [0.25, 0.3) is 0 Å². The average molecular weight is 562 g/mol. The molecule has 8 nitrogen and oxygen atoms in total. The Balaban J connectivity index is 2.55. The minimum Gasteiger partial charge on any atom is -0.444 e. The molecule has 2 aromatic carbocycles. The molecule has 1 amide bonds. The molecular weight excluding hydrogens is 517 g/mol. The Bertz CT molecular complexity index is 1150.